The van der Waals surface area contributed by atoms with Crippen molar-refractivity contribution in [1.29, 1.82) is 5.26 Å². The van der Waals surface area contributed by atoms with Crippen molar-refractivity contribution >= 4 is 34.0 Å². The standard InChI is InChI=1S/C13H16ClN3O2S.ClH/c1-9-7-10(5-6-16-9)17-20(18,19)13-4-2-3-12(14)11(13)8-15;/h2-4,9-10,16-17H,5-7H2,1H3;1H. The smallest absolute Gasteiger partial charge is 0.242 e. The summed E-state index contributed by atoms with van der Waals surface area (Å²) in [6.45, 7) is 2.79. The molecule has 2 atom stereocenters. The van der Waals surface area contributed by atoms with E-state index in [0.29, 0.717) is 0 Å². The zero-order valence-electron chi connectivity index (χ0n) is 11.5. The van der Waals surface area contributed by atoms with Gasteiger partial charge in [-0.05, 0) is 38.4 Å². The molecule has 1 fully saturated rings. The monoisotopic (exact) mass is 349 g/mol. The van der Waals surface area contributed by atoms with Crippen LogP contribution in [0.2, 0.25) is 5.02 Å². The van der Waals surface area contributed by atoms with E-state index in [-0.39, 0.29) is 40.0 Å². The molecule has 1 saturated heterocycles. The summed E-state index contributed by atoms with van der Waals surface area (Å²) >= 11 is 5.88. The molecule has 21 heavy (non-hydrogen) atoms. The van der Waals surface area contributed by atoms with Crippen LogP contribution in [0.4, 0.5) is 0 Å². The fourth-order valence-corrected chi connectivity index (χ4v) is 4.09. The fraction of sp³-hybridized carbons (Fsp3) is 0.462. The quantitative estimate of drug-likeness (QED) is 0.874. The third kappa shape index (κ3) is 4.31. The minimum atomic E-state index is -3.73. The van der Waals surface area contributed by atoms with E-state index in [0.717, 1.165) is 19.4 Å². The van der Waals surface area contributed by atoms with E-state index in [1.165, 1.54) is 18.2 Å². The van der Waals surface area contributed by atoms with E-state index in [1.807, 2.05) is 13.0 Å². The van der Waals surface area contributed by atoms with Crippen molar-refractivity contribution < 1.29 is 8.42 Å². The maximum absolute atomic E-state index is 12.4. The lowest BCUT2D eigenvalue weighted by molar-refractivity contribution is 0.361. The Labute approximate surface area is 136 Å². The molecule has 5 nitrogen and oxygen atoms in total. The third-order valence-electron chi connectivity index (χ3n) is 3.32. The van der Waals surface area contributed by atoms with Crippen LogP contribution < -0.4 is 10.0 Å². The second-order valence-electron chi connectivity index (χ2n) is 4.92. The van der Waals surface area contributed by atoms with Crippen molar-refractivity contribution in [3.8, 4) is 6.07 Å². The first kappa shape index (κ1) is 18.2. The Morgan fingerprint density at radius 3 is 2.81 bits per heavy atom. The molecule has 1 aromatic carbocycles. The summed E-state index contributed by atoms with van der Waals surface area (Å²) in [5.41, 5.74) is -0.0105. The average Bonchev–Trinajstić information content (AvgIpc) is 2.38. The van der Waals surface area contributed by atoms with Gasteiger partial charge in [-0.15, -0.1) is 12.4 Å². The van der Waals surface area contributed by atoms with Crippen molar-refractivity contribution in [1.82, 2.24) is 10.0 Å². The van der Waals surface area contributed by atoms with Gasteiger partial charge in [-0.2, -0.15) is 5.26 Å². The lowest BCUT2D eigenvalue weighted by Gasteiger charge is -2.28. The molecule has 0 spiro atoms. The molecule has 2 N–H and O–H groups in total. The molecular weight excluding hydrogens is 333 g/mol. The maximum Gasteiger partial charge on any atom is 0.242 e. The molecule has 0 saturated carbocycles. The summed E-state index contributed by atoms with van der Waals surface area (Å²) in [5.74, 6) is 0. The molecule has 0 amide bonds. The Hall–Kier alpha value is -0.840. The number of halogens is 2. The molecule has 8 heteroatoms. The van der Waals surface area contributed by atoms with Crippen molar-refractivity contribution in [2.24, 2.45) is 0 Å². The predicted octanol–water partition coefficient (Wildman–Crippen LogP) is 2.05. The van der Waals surface area contributed by atoms with Crippen LogP contribution in [0.3, 0.4) is 0 Å². The van der Waals surface area contributed by atoms with Gasteiger partial charge in [-0.3, -0.25) is 0 Å². The molecular formula is C13H17Cl2N3O2S. The average molecular weight is 350 g/mol. The lowest BCUT2D eigenvalue weighted by Crippen LogP contribution is -2.46. The number of rotatable bonds is 3. The highest BCUT2D eigenvalue weighted by molar-refractivity contribution is 7.89. The summed E-state index contributed by atoms with van der Waals surface area (Å²) in [7, 11) is -3.73. The third-order valence-corrected chi connectivity index (χ3v) is 5.20. The number of nitrogens with one attached hydrogen (secondary N) is 2. The van der Waals surface area contributed by atoms with Crippen LogP contribution in [0.25, 0.3) is 0 Å². The van der Waals surface area contributed by atoms with Gasteiger partial charge in [0.15, 0.2) is 0 Å². The van der Waals surface area contributed by atoms with Gasteiger partial charge in [0.1, 0.15) is 11.0 Å². The Kier molecular flexibility index (Phi) is 6.44. The highest BCUT2D eigenvalue weighted by Gasteiger charge is 2.26. The van der Waals surface area contributed by atoms with Crippen LogP contribution in [0.15, 0.2) is 23.1 Å². The van der Waals surface area contributed by atoms with Crippen molar-refractivity contribution in [3.05, 3.63) is 28.8 Å². The summed E-state index contributed by atoms with van der Waals surface area (Å²) in [4.78, 5) is -0.0568. The number of hydrogen-bond donors (Lipinski definition) is 2. The van der Waals surface area contributed by atoms with E-state index in [2.05, 4.69) is 10.0 Å². The Morgan fingerprint density at radius 2 is 2.19 bits per heavy atom. The zero-order valence-corrected chi connectivity index (χ0v) is 13.9. The minimum Gasteiger partial charge on any atom is -0.314 e. The van der Waals surface area contributed by atoms with Gasteiger partial charge in [0, 0.05) is 12.1 Å². The van der Waals surface area contributed by atoms with Crippen molar-refractivity contribution in [3.63, 3.8) is 0 Å². The summed E-state index contributed by atoms with van der Waals surface area (Å²) in [6.07, 6.45) is 1.45. The van der Waals surface area contributed by atoms with E-state index in [9.17, 15) is 8.42 Å². The summed E-state index contributed by atoms with van der Waals surface area (Å²) < 4.78 is 27.5. The SMILES string of the molecule is CC1CC(NS(=O)(=O)c2cccc(Cl)c2C#N)CCN1.Cl. The molecule has 0 radical (unpaired) electrons. The first-order valence-corrected chi connectivity index (χ1v) is 8.24. The number of hydrogen-bond acceptors (Lipinski definition) is 4. The van der Waals surface area contributed by atoms with Gasteiger partial charge in [-0.1, -0.05) is 17.7 Å². The van der Waals surface area contributed by atoms with Crippen LogP contribution in [0, 0.1) is 11.3 Å². The molecule has 1 aliphatic rings. The molecule has 0 bridgehead atoms. The van der Waals surface area contributed by atoms with Crippen LogP contribution in [-0.2, 0) is 10.0 Å². The molecule has 1 heterocycles. The van der Waals surface area contributed by atoms with Gasteiger partial charge in [0.05, 0.1) is 10.6 Å². The fourth-order valence-electron chi connectivity index (χ4n) is 2.36. The molecule has 0 aliphatic carbocycles. The Balaban J connectivity index is 0.00000220. The highest BCUT2D eigenvalue weighted by atomic mass is 35.5. The van der Waals surface area contributed by atoms with Crippen LogP contribution in [0.1, 0.15) is 25.3 Å². The highest BCUT2D eigenvalue weighted by Crippen LogP contribution is 2.23. The van der Waals surface area contributed by atoms with Crippen LogP contribution in [-0.4, -0.2) is 27.0 Å². The number of benzene rings is 1. The van der Waals surface area contributed by atoms with E-state index >= 15 is 0 Å². The summed E-state index contributed by atoms with van der Waals surface area (Å²) in [5, 5.41) is 12.5. The molecule has 1 aromatic rings. The topological polar surface area (TPSA) is 82.0 Å². The summed E-state index contributed by atoms with van der Waals surface area (Å²) in [6, 6.07) is 6.44. The van der Waals surface area contributed by atoms with Crippen LogP contribution >= 0.6 is 24.0 Å². The number of nitriles is 1. The molecule has 2 unspecified atom stereocenters. The first-order valence-electron chi connectivity index (χ1n) is 6.38. The van der Waals surface area contributed by atoms with Gasteiger partial charge >= 0.3 is 0 Å². The molecule has 2 rings (SSSR count). The van der Waals surface area contributed by atoms with E-state index < -0.39 is 10.0 Å². The van der Waals surface area contributed by atoms with Crippen molar-refractivity contribution in [2.75, 3.05) is 6.54 Å². The second kappa shape index (κ2) is 7.43. The number of piperidine rings is 1. The molecule has 116 valence electrons. The normalized spacial score (nSPS) is 22.1. The zero-order chi connectivity index (χ0) is 14.8. The Morgan fingerprint density at radius 1 is 1.48 bits per heavy atom. The largest absolute Gasteiger partial charge is 0.314 e. The van der Waals surface area contributed by atoms with Crippen molar-refractivity contribution in [2.45, 2.75) is 36.7 Å². The number of sulfonamides is 1. The van der Waals surface area contributed by atoms with Gasteiger partial charge in [0.2, 0.25) is 10.0 Å². The maximum atomic E-state index is 12.4. The number of nitrogens with zero attached hydrogens (tertiary/aromatic N) is 1. The minimum absolute atomic E-state index is 0. The molecule has 1 aliphatic heterocycles. The molecule has 0 aromatic heterocycles. The van der Waals surface area contributed by atoms with Gasteiger partial charge in [-0.25, -0.2) is 13.1 Å². The van der Waals surface area contributed by atoms with Gasteiger partial charge < -0.3 is 5.32 Å². The predicted molar refractivity (Wildman–Crippen MR) is 84.2 cm³/mol. The second-order valence-corrected chi connectivity index (χ2v) is 7.01. The Bertz CT molecular complexity index is 643. The van der Waals surface area contributed by atoms with Crippen LogP contribution in [0.5, 0.6) is 0 Å². The lowest BCUT2D eigenvalue weighted by atomic mass is 10.0. The van der Waals surface area contributed by atoms with E-state index in [1.54, 1.807) is 0 Å². The van der Waals surface area contributed by atoms with E-state index in [4.69, 9.17) is 16.9 Å². The van der Waals surface area contributed by atoms with Gasteiger partial charge in [0.25, 0.3) is 0 Å². The first-order chi connectivity index (χ1) is 9.44.